The third-order valence-corrected chi connectivity index (χ3v) is 2.30. The molecule has 1 atom stereocenters. The maximum absolute atomic E-state index is 11.7. The van der Waals surface area contributed by atoms with Crippen LogP contribution in [0.15, 0.2) is 0 Å². The molecule has 0 rings (SSSR count). The molecule has 0 radical (unpaired) electrons. The third-order valence-electron chi connectivity index (χ3n) is 1.84. The van der Waals surface area contributed by atoms with Crippen LogP contribution in [0.5, 0.6) is 0 Å². The fourth-order valence-electron chi connectivity index (χ4n) is 1.05. The largest absolute Gasteiger partial charge is 0.411 e. The molecule has 0 aromatic rings. The molecule has 0 bridgehead atoms. The molecule has 0 saturated heterocycles. The van der Waals surface area contributed by atoms with Crippen LogP contribution in [0.1, 0.15) is 26.2 Å². The van der Waals surface area contributed by atoms with Crippen molar-refractivity contribution in [1.29, 1.82) is 0 Å². The van der Waals surface area contributed by atoms with Gasteiger partial charge in [0.05, 0.1) is 6.61 Å². The normalized spacial score (nSPS) is 13.5. The minimum atomic E-state index is -4.33. The van der Waals surface area contributed by atoms with Crippen LogP contribution in [-0.2, 0) is 9.53 Å². The van der Waals surface area contributed by atoms with Crippen LogP contribution in [0.4, 0.5) is 13.2 Å². The summed E-state index contributed by atoms with van der Waals surface area (Å²) in [6, 6.07) is 0. The minimum absolute atomic E-state index is 0.0417. The van der Waals surface area contributed by atoms with Crippen molar-refractivity contribution in [3.63, 3.8) is 0 Å². The van der Waals surface area contributed by atoms with E-state index in [2.05, 4.69) is 26.0 Å². The van der Waals surface area contributed by atoms with Crippen molar-refractivity contribution in [2.24, 2.45) is 0 Å². The van der Waals surface area contributed by atoms with Gasteiger partial charge in [0.2, 0.25) is 5.91 Å². The zero-order valence-corrected chi connectivity index (χ0v) is 11.2. The summed E-state index contributed by atoms with van der Waals surface area (Å²) in [7, 11) is 0. The van der Waals surface area contributed by atoms with E-state index < -0.39 is 12.8 Å². The van der Waals surface area contributed by atoms with Gasteiger partial charge in [-0.25, -0.2) is 0 Å². The number of carbonyl (C=O) groups excluding carboxylic acids is 1. The van der Waals surface area contributed by atoms with Gasteiger partial charge >= 0.3 is 6.18 Å². The Kier molecular flexibility index (Phi) is 8.59. The average Bonchev–Trinajstić information content (AvgIpc) is 2.18. The van der Waals surface area contributed by atoms with E-state index in [1.54, 1.807) is 0 Å². The Balaban J connectivity index is 3.35. The van der Waals surface area contributed by atoms with Crippen LogP contribution in [0, 0.1) is 0 Å². The van der Waals surface area contributed by atoms with Crippen molar-refractivity contribution in [1.82, 2.24) is 5.32 Å². The lowest BCUT2D eigenvalue weighted by atomic mass is 10.2. The highest BCUT2D eigenvalue weighted by Crippen LogP contribution is 2.14. The summed E-state index contributed by atoms with van der Waals surface area (Å²) in [6.45, 7) is 1.03. The van der Waals surface area contributed by atoms with Gasteiger partial charge < -0.3 is 10.1 Å². The number of nitrogens with one attached hydrogen (secondary N) is 1. The molecule has 0 spiro atoms. The molecule has 1 unspecified atom stereocenters. The molecule has 0 aromatic heterocycles. The summed E-state index contributed by atoms with van der Waals surface area (Å²) in [5, 5.41) is 2.61. The van der Waals surface area contributed by atoms with Crippen molar-refractivity contribution >= 4 is 21.8 Å². The highest BCUT2D eigenvalue weighted by atomic mass is 79.9. The van der Waals surface area contributed by atoms with Gasteiger partial charge in [-0.15, -0.1) is 0 Å². The van der Waals surface area contributed by atoms with Gasteiger partial charge in [-0.3, -0.25) is 4.79 Å². The molecule has 0 aromatic carbocycles. The molecular formula is C10H17BrF3NO2. The summed E-state index contributed by atoms with van der Waals surface area (Å²) >= 11 is 3.37. The van der Waals surface area contributed by atoms with Gasteiger partial charge in [0.25, 0.3) is 0 Å². The highest BCUT2D eigenvalue weighted by Gasteiger charge is 2.27. The number of carbonyl (C=O) groups is 1. The lowest BCUT2D eigenvalue weighted by molar-refractivity contribution is -0.174. The van der Waals surface area contributed by atoms with E-state index >= 15 is 0 Å². The molecule has 0 aliphatic carbocycles. The quantitative estimate of drug-likeness (QED) is 0.551. The van der Waals surface area contributed by atoms with Crippen LogP contribution < -0.4 is 5.32 Å². The number of hydrogen-bond acceptors (Lipinski definition) is 2. The van der Waals surface area contributed by atoms with Gasteiger partial charge in [0, 0.05) is 17.8 Å². The van der Waals surface area contributed by atoms with E-state index in [0.717, 1.165) is 12.8 Å². The summed E-state index contributed by atoms with van der Waals surface area (Å²) in [5.74, 6) is -0.283. The maximum Gasteiger partial charge on any atom is 0.411 e. The van der Waals surface area contributed by atoms with E-state index in [1.165, 1.54) is 0 Å². The fourth-order valence-corrected chi connectivity index (χ4v) is 1.38. The lowest BCUT2D eigenvalue weighted by Crippen LogP contribution is -2.26. The average molecular weight is 320 g/mol. The number of halogens is 4. The second-order valence-electron chi connectivity index (χ2n) is 3.69. The molecule has 1 amide bonds. The van der Waals surface area contributed by atoms with E-state index in [9.17, 15) is 18.0 Å². The summed E-state index contributed by atoms with van der Waals surface area (Å²) in [4.78, 5) is 11.5. The topological polar surface area (TPSA) is 38.3 Å². The molecule has 0 fully saturated rings. The fraction of sp³-hybridized carbons (Fsp3) is 0.900. The van der Waals surface area contributed by atoms with Crippen LogP contribution >= 0.6 is 15.9 Å². The first kappa shape index (κ1) is 16.7. The summed E-state index contributed by atoms with van der Waals surface area (Å²) < 4.78 is 39.3. The van der Waals surface area contributed by atoms with E-state index in [-0.39, 0.29) is 18.9 Å². The van der Waals surface area contributed by atoms with Crippen LogP contribution in [0.2, 0.25) is 0 Å². The van der Waals surface area contributed by atoms with Gasteiger partial charge in [0.15, 0.2) is 0 Å². The Bertz CT molecular complexity index is 222. The third kappa shape index (κ3) is 13.6. The predicted octanol–water partition coefficient (Wildman–Crippen LogP) is 2.64. The van der Waals surface area contributed by atoms with E-state index in [0.29, 0.717) is 11.4 Å². The van der Waals surface area contributed by atoms with E-state index in [4.69, 9.17) is 0 Å². The molecule has 7 heteroatoms. The van der Waals surface area contributed by atoms with Crippen molar-refractivity contribution in [3.05, 3.63) is 0 Å². The Morgan fingerprint density at radius 3 is 2.65 bits per heavy atom. The van der Waals surface area contributed by atoms with Crippen molar-refractivity contribution < 1.29 is 22.7 Å². The zero-order chi connectivity index (χ0) is 13.3. The first-order valence-corrected chi connectivity index (χ1v) is 6.28. The summed E-state index contributed by atoms with van der Waals surface area (Å²) in [6.07, 6.45) is -2.60. The number of alkyl halides is 4. The maximum atomic E-state index is 11.7. The molecule has 0 saturated carbocycles. The Morgan fingerprint density at radius 1 is 1.47 bits per heavy atom. The zero-order valence-electron chi connectivity index (χ0n) is 9.65. The lowest BCUT2D eigenvalue weighted by Gasteiger charge is -2.08. The molecule has 0 heterocycles. The minimum Gasteiger partial charge on any atom is -0.372 e. The number of hydrogen-bond donors (Lipinski definition) is 1. The monoisotopic (exact) mass is 319 g/mol. The Morgan fingerprint density at radius 2 is 2.12 bits per heavy atom. The smallest absolute Gasteiger partial charge is 0.372 e. The first-order valence-electron chi connectivity index (χ1n) is 5.36. The van der Waals surface area contributed by atoms with Gasteiger partial charge in [-0.1, -0.05) is 22.9 Å². The van der Waals surface area contributed by atoms with E-state index in [1.807, 2.05) is 6.92 Å². The van der Waals surface area contributed by atoms with Crippen molar-refractivity contribution in [2.45, 2.75) is 37.2 Å². The molecule has 102 valence electrons. The Labute approximate surface area is 107 Å². The number of ether oxygens (including phenoxy) is 1. The van der Waals surface area contributed by atoms with Gasteiger partial charge in [-0.2, -0.15) is 13.2 Å². The van der Waals surface area contributed by atoms with Crippen molar-refractivity contribution in [3.8, 4) is 0 Å². The molecule has 17 heavy (non-hydrogen) atoms. The molecule has 1 N–H and O–H groups in total. The van der Waals surface area contributed by atoms with Gasteiger partial charge in [0.1, 0.15) is 6.61 Å². The second kappa shape index (κ2) is 8.74. The molecular weight excluding hydrogens is 303 g/mol. The Hall–Kier alpha value is -0.300. The predicted molar refractivity (Wildman–Crippen MR) is 62.1 cm³/mol. The summed E-state index contributed by atoms with van der Waals surface area (Å²) in [5.41, 5.74) is 0. The van der Waals surface area contributed by atoms with Crippen LogP contribution in [0.3, 0.4) is 0 Å². The molecule has 3 nitrogen and oxygen atoms in total. The SMILES string of the molecule is CC(Br)CCCNC(=O)CCOCC(F)(F)F. The van der Waals surface area contributed by atoms with Crippen molar-refractivity contribution in [2.75, 3.05) is 19.8 Å². The molecule has 0 aliphatic rings. The number of amides is 1. The van der Waals surface area contributed by atoms with Gasteiger partial charge in [-0.05, 0) is 12.8 Å². The standard InChI is InChI=1S/C10H17BrF3NO2/c1-8(11)3-2-5-15-9(16)4-6-17-7-10(12,13)14/h8H,2-7H2,1H3,(H,15,16). The van der Waals surface area contributed by atoms with Crippen LogP contribution in [-0.4, -0.2) is 36.7 Å². The highest BCUT2D eigenvalue weighted by molar-refractivity contribution is 9.09. The number of rotatable bonds is 8. The first-order chi connectivity index (χ1) is 7.81. The molecule has 0 aliphatic heterocycles. The second-order valence-corrected chi connectivity index (χ2v) is 5.25. The van der Waals surface area contributed by atoms with Crippen LogP contribution in [0.25, 0.3) is 0 Å².